The average molecular weight is 411 g/mol. The lowest BCUT2D eigenvalue weighted by Gasteiger charge is -2.13. The zero-order valence-electron chi connectivity index (χ0n) is 18.1. The highest BCUT2D eigenvalue weighted by molar-refractivity contribution is 5.78. The summed E-state index contributed by atoms with van der Waals surface area (Å²) in [6, 6.07) is 3.60. The molecule has 0 unspecified atom stereocenters. The van der Waals surface area contributed by atoms with Crippen LogP contribution in [0.1, 0.15) is 23.1 Å². The number of aryl methyl sites for hydroxylation is 1. The fourth-order valence-corrected chi connectivity index (χ4v) is 3.56. The minimum atomic E-state index is 0.124. The van der Waals surface area contributed by atoms with Gasteiger partial charge in [0.2, 0.25) is 0 Å². The molecule has 2 N–H and O–H groups in total. The highest BCUT2D eigenvalue weighted by Crippen LogP contribution is 2.35. The highest BCUT2D eigenvalue weighted by atomic mass is 16.5. The van der Waals surface area contributed by atoms with E-state index < -0.39 is 0 Å². The van der Waals surface area contributed by atoms with Crippen molar-refractivity contribution in [1.29, 1.82) is 0 Å². The van der Waals surface area contributed by atoms with Gasteiger partial charge in [0.05, 0.1) is 6.61 Å². The van der Waals surface area contributed by atoms with Crippen LogP contribution in [0.4, 0.5) is 0 Å². The van der Waals surface area contributed by atoms with E-state index in [2.05, 4.69) is 18.0 Å². The van der Waals surface area contributed by atoms with Crippen molar-refractivity contribution in [3.63, 3.8) is 0 Å². The van der Waals surface area contributed by atoms with Gasteiger partial charge in [0, 0.05) is 50.5 Å². The normalized spacial score (nSPS) is 17.6. The van der Waals surface area contributed by atoms with E-state index in [1.54, 1.807) is 6.07 Å². The third-order valence-corrected chi connectivity index (χ3v) is 5.21. The maximum Gasteiger partial charge on any atom is 0.148 e. The molecule has 2 rings (SSSR count). The SMILES string of the molecule is C=C1/C(=C/C(CC=O)=C(\C=O)COC)N(C)C/C1=C/c1c(C)ccc(O)c1CNC. The summed E-state index contributed by atoms with van der Waals surface area (Å²) >= 11 is 0. The van der Waals surface area contributed by atoms with Crippen LogP contribution in [0.2, 0.25) is 0 Å². The van der Waals surface area contributed by atoms with Crippen LogP contribution in [0.5, 0.6) is 5.75 Å². The van der Waals surface area contributed by atoms with E-state index in [9.17, 15) is 14.7 Å². The number of benzene rings is 1. The molecular formula is C24H30N2O4. The number of ether oxygens (including phenoxy) is 1. The first-order valence-electron chi connectivity index (χ1n) is 9.76. The van der Waals surface area contributed by atoms with Crippen molar-refractivity contribution >= 4 is 18.6 Å². The third-order valence-electron chi connectivity index (χ3n) is 5.21. The molecule has 1 aromatic carbocycles. The minimum absolute atomic E-state index is 0.124. The van der Waals surface area contributed by atoms with Gasteiger partial charge in [0.25, 0.3) is 0 Å². The number of likely N-dealkylation sites (tertiary alicyclic amines) is 1. The summed E-state index contributed by atoms with van der Waals surface area (Å²) < 4.78 is 5.09. The Morgan fingerprint density at radius 2 is 2.07 bits per heavy atom. The Labute approximate surface area is 178 Å². The molecule has 0 radical (unpaired) electrons. The van der Waals surface area contributed by atoms with Gasteiger partial charge in [-0.15, -0.1) is 0 Å². The van der Waals surface area contributed by atoms with Crippen LogP contribution in [-0.2, 0) is 20.9 Å². The van der Waals surface area contributed by atoms with Crippen molar-refractivity contribution in [2.45, 2.75) is 19.9 Å². The maximum absolute atomic E-state index is 11.5. The lowest BCUT2D eigenvalue weighted by Crippen LogP contribution is -2.12. The molecule has 30 heavy (non-hydrogen) atoms. The molecule has 0 atom stereocenters. The van der Waals surface area contributed by atoms with Gasteiger partial charge in [-0.05, 0) is 60.0 Å². The first-order valence-corrected chi connectivity index (χ1v) is 9.76. The van der Waals surface area contributed by atoms with Gasteiger partial charge in [-0.25, -0.2) is 0 Å². The molecule has 1 aromatic rings. The lowest BCUT2D eigenvalue weighted by molar-refractivity contribution is -0.107. The molecule has 0 bridgehead atoms. The fraction of sp³-hybridized carbons (Fsp3) is 0.333. The monoisotopic (exact) mass is 410 g/mol. The standard InChI is InChI=1S/C24H30N2O4/c1-16-6-7-24(29)22(12-25-3)21(16)10-19-13-26(4)23(17(19)2)11-18(8-9-27)20(14-28)15-30-5/h6-7,9-11,14,25,29H,2,8,12-13,15H2,1,3-5H3/b19-10-,20-18+,23-11-. The van der Waals surface area contributed by atoms with Crippen LogP contribution in [-0.4, -0.2) is 56.9 Å². The van der Waals surface area contributed by atoms with E-state index in [1.165, 1.54) is 7.11 Å². The summed E-state index contributed by atoms with van der Waals surface area (Å²) in [6.45, 7) is 7.58. The van der Waals surface area contributed by atoms with Crippen molar-refractivity contribution in [2.24, 2.45) is 0 Å². The molecule has 6 heteroatoms. The van der Waals surface area contributed by atoms with Crippen LogP contribution in [0, 0.1) is 6.92 Å². The third kappa shape index (κ3) is 5.14. The number of allylic oxidation sites excluding steroid dienone is 3. The van der Waals surface area contributed by atoms with Crippen molar-refractivity contribution in [2.75, 3.05) is 34.4 Å². The molecule has 6 nitrogen and oxygen atoms in total. The van der Waals surface area contributed by atoms with Gasteiger partial charge in [0.1, 0.15) is 18.3 Å². The highest BCUT2D eigenvalue weighted by Gasteiger charge is 2.24. The van der Waals surface area contributed by atoms with E-state index in [0.717, 1.165) is 46.1 Å². The van der Waals surface area contributed by atoms with Crippen LogP contribution < -0.4 is 5.32 Å². The Kier molecular flexibility index (Phi) is 8.33. The van der Waals surface area contributed by atoms with E-state index in [4.69, 9.17) is 4.74 Å². The number of hydrogen-bond acceptors (Lipinski definition) is 6. The zero-order valence-corrected chi connectivity index (χ0v) is 18.1. The van der Waals surface area contributed by atoms with Crippen molar-refractivity contribution in [3.8, 4) is 5.75 Å². The number of rotatable bonds is 9. The molecule has 0 aliphatic carbocycles. The second-order valence-corrected chi connectivity index (χ2v) is 7.33. The number of methoxy groups -OCH3 is 1. The number of nitrogens with zero attached hydrogens (tertiary/aromatic N) is 1. The number of hydrogen-bond donors (Lipinski definition) is 2. The number of carbonyl (C=O) groups is 2. The second kappa shape index (κ2) is 10.7. The van der Waals surface area contributed by atoms with Crippen molar-refractivity contribution < 1.29 is 19.4 Å². The topological polar surface area (TPSA) is 78.9 Å². The number of phenols is 1. The number of carbonyl (C=O) groups excluding carboxylic acids is 2. The van der Waals surface area contributed by atoms with E-state index in [0.29, 0.717) is 24.2 Å². The van der Waals surface area contributed by atoms with Gasteiger partial charge in [-0.1, -0.05) is 12.6 Å². The molecule has 1 aliphatic rings. The van der Waals surface area contributed by atoms with Gasteiger partial charge in [0.15, 0.2) is 0 Å². The van der Waals surface area contributed by atoms with E-state index in [1.807, 2.05) is 38.1 Å². The molecule has 0 spiro atoms. The predicted octanol–water partition coefficient (Wildman–Crippen LogP) is 2.92. The minimum Gasteiger partial charge on any atom is -0.508 e. The summed E-state index contributed by atoms with van der Waals surface area (Å²) in [7, 11) is 5.29. The van der Waals surface area contributed by atoms with Gasteiger partial charge >= 0.3 is 0 Å². The number of nitrogens with one attached hydrogen (secondary N) is 1. The van der Waals surface area contributed by atoms with Gasteiger partial charge in [-0.3, -0.25) is 4.79 Å². The Balaban J connectivity index is 2.52. The van der Waals surface area contributed by atoms with Crippen LogP contribution in [0.3, 0.4) is 0 Å². The summed E-state index contributed by atoms with van der Waals surface area (Å²) in [5.41, 5.74) is 6.60. The number of aldehydes is 2. The van der Waals surface area contributed by atoms with Crippen LogP contribution in [0.25, 0.3) is 6.08 Å². The van der Waals surface area contributed by atoms with Crippen molar-refractivity contribution in [3.05, 3.63) is 69.5 Å². The summed E-state index contributed by atoms with van der Waals surface area (Å²) in [5, 5.41) is 13.4. The average Bonchev–Trinajstić information content (AvgIpc) is 2.98. The first kappa shape index (κ1) is 23.3. The fourth-order valence-electron chi connectivity index (χ4n) is 3.56. The quantitative estimate of drug-likeness (QED) is 0.481. The molecule has 0 amide bonds. The molecule has 0 aromatic heterocycles. The van der Waals surface area contributed by atoms with E-state index >= 15 is 0 Å². The van der Waals surface area contributed by atoms with Gasteiger partial charge < -0.3 is 24.9 Å². The maximum atomic E-state index is 11.5. The summed E-state index contributed by atoms with van der Waals surface area (Å²) in [5.74, 6) is 0.251. The lowest BCUT2D eigenvalue weighted by atomic mass is 9.96. The van der Waals surface area contributed by atoms with Crippen LogP contribution in [0.15, 0.2) is 52.8 Å². The van der Waals surface area contributed by atoms with Gasteiger partial charge in [-0.2, -0.15) is 0 Å². The molecule has 1 aliphatic heterocycles. The molecule has 0 saturated carbocycles. The second-order valence-electron chi connectivity index (χ2n) is 7.33. The van der Waals surface area contributed by atoms with E-state index in [-0.39, 0.29) is 18.8 Å². The summed E-state index contributed by atoms with van der Waals surface area (Å²) in [4.78, 5) is 24.6. The van der Waals surface area contributed by atoms with Crippen molar-refractivity contribution in [1.82, 2.24) is 10.2 Å². The smallest absolute Gasteiger partial charge is 0.148 e. The molecule has 1 heterocycles. The number of likely N-dealkylation sites (N-methyl/N-ethyl adjacent to an activating group) is 1. The zero-order chi connectivity index (χ0) is 22.3. The molecular weight excluding hydrogens is 380 g/mol. The molecule has 160 valence electrons. The number of phenolic OH excluding ortho intramolecular Hbond substituents is 1. The Morgan fingerprint density at radius 1 is 1.33 bits per heavy atom. The largest absolute Gasteiger partial charge is 0.508 e. The van der Waals surface area contributed by atoms with Crippen LogP contribution >= 0.6 is 0 Å². The molecule has 1 saturated heterocycles. The number of aromatic hydroxyl groups is 1. The Morgan fingerprint density at radius 3 is 2.67 bits per heavy atom. The Bertz CT molecular complexity index is 925. The summed E-state index contributed by atoms with van der Waals surface area (Å²) in [6.07, 6.45) is 5.53. The predicted molar refractivity (Wildman–Crippen MR) is 119 cm³/mol. The first-order chi connectivity index (χ1) is 14.4. The Hall–Kier alpha value is -2.96. The molecule has 1 fully saturated rings.